The van der Waals surface area contributed by atoms with E-state index in [-0.39, 0.29) is 23.8 Å². The van der Waals surface area contributed by atoms with Gasteiger partial charge >= 0.3 is 0 Å². The normalized spacial score (nSPS) is 27.6. The van der Waals surface area contributed by atoms with Gasteiger partial charge in [-0.15, -0.1) is 0 Å². The minimum absolute atomic E-state index is 0.116. The molecule has 0 bridgehead atoms. The van der Waals surface area contributed by atoms with E-state index >= 15 is 0 Å². The van der Waals surface area contributed by atoms with Crippen molar-refractivity contribution in [2.75, 3.05) is 39.3 Å². The van der Waals surface area contributed by atoms with Crippen molar-refractivity contribution < 1.29 is 19.7 Å². The maximum Gasteiger partial charge on any atom is 0.219 e. The SMILES string of the molecule is CC(=O)N1CCN(C[C@@H]2OC[C@H](NCc3ccccc3O)[C@H]2O)CC1. The summed E-state index contributed by atoms with van der Waals surface area (Å²) in [5.41, 5.74) is 0.804. The maximum atomic E-state index is 11.4. The van der Waals surface area contributed by atoms with Gasteiger partial charge in [-0.3, -0.25) is 9.69 Å². The average molecular weight is 349 g/mol. The highest BCUT2D eigenvalue weighted by Gasteiger charge is 2.37. The number of aliphatic hydroxyl groups excluding tert-OH is 1. The molecule has 0 aromatic heterocycles. The van der Waals surface area contributed by atoms with E-state index in [4.69, 9.17) is 4.74 Å². The predicted molar refractivity (Wildman–Crippen MR) is 93.2 cm³/mol. The first-order valence-electron chi connectivity index (χ1n) is 8.82. The van der Waals surface area contributed by atoms with Crippen LogP contribution in [0.1, 0.15) is 12.5 Å². The molecule has 2 fully saturated rings. The zero-order chi connectivity index (χ0) is 17.8. The van der Waals surface area contributed by atoms with Gasteiger partial charge in [0.2, 0.25) is 5.91 Å². The Hall–Kier alpha value is -1.67. The number of para-hydroxylation sites is 1. The van der Waals surface area contributed by atoms with Gasteiger partial charge in [0.25, 0.3) is 0 Å². The lowest BCUT2D eigenvalue weighted by atomic mass is 10.1. The summed E-state index contributed by atoms with van der Waals surface area (Å²) in [5, 5.41) is 23.6. The fraction of sp³-hybridized carbons (Fsp3) is 0.611. The summed E-state index contributed by atoms with van der Waals surface area (Å²) >= 11 is 0. The number of piperazine rings is 1. The molecule has 2 heterocycles. The van der Waals surface area contributed by atoms with Crippen LogP contribution >= 0.6 is 0 Å². The lowest BCUT2D eigenvalue weighted by molar-refractivity contribution is -0.130. The van der Waals surface area contributed by atoms with Crippen molar-refractivity contribution >= 4 is 5.91 Å². The number of carbonyl (C=O) groups excluding carboxylic acids is 1. The van der Waals surface area contributed by atoms with E-state index in [1.54, 1.807) is 19.1 Å². The van der Waals surface area contributed by atoms with Gasteiger partial charge in [0, 0.05) is 51.8 Å². The van der Waals surface area contributed by atoms with Crippen LogP contribution in [0.2, 0.25) is 0 Å². The molecule has 0 spiro atoms. The first-order valence-corrected chi connectivity index (χ1v) is 8.82. The van der Waals surface area contributed by atoms with Gasteiger partial charge in [-0.25, -0.2) is 0 Å². The van der Waals surface area contributed by atoms with E-state index in [0.29, 0.717) is 19.7 Å². The third-order valence-electron chi connectivity index (χ3n) is 5.09. The predicted octanol–water partition coefficient (Wildman–Crippen LogP) is -0.226. The number of nitrogens with one attached hydrogen (secondary N) is 1. The van der Waals surface area contributed by atoms with Crippen LogP contribution in [0.15, 0.2) is 24.3 Å². The molecule has 7 heteroatoms. The van der Waals surface area contributed by atoms with Crippen LogP contribution < -0.4 is 5.32 Å². The van der Waals surface area contributed by atoms with Crippen LogP contribution in [0, 0.1) is 0 Å². The van der Waals surface area contributed by atoms with Crippen LogP contribution in [-0.4, -0.2) is 83.5 Å². The largest absolute Gasteiger partial charge is 0.508 e. The lowest BCUT2D eigenvalue weighted by Crippen LogP contribution is -2.51. The third kappa shape index (κ3) is 4.49. The molecule has 25 heavy (non-hydrogen) atoms. The highest BCUT2D eigenvalue weighted by Crippen LogP contribution is 2.19. The Morgan fingerprint density at radius 2 is 2.00 bits per heavy atom. The zero-order valence-corrected chi connectivity index (χ0v) is 14.6. The van der Waals surface area contributed by atoms with E-state index in [0.717, 1.165) is 31.7 Å². The van der Waals surface area contributed by atoms with Crippen LogP contribution in [0.25, 0.3) is 0 Å². The molecule has 2 saturated heterocycles. The zero-order valence-electron chi connectivity index (χ0n) is 14.6. The molecule has 3 atom stereocenters. The number of phenols is 1. The first kappa shape index (κ1) is 18.1. The van der Waals surface area contributed by atoms with E-state index in [9.17, 15) is 15.0 Å². The molecule has 0 saturated carbocycles. The molecule has 0 unspecified atom stereocenters. The number of ether oxygens (including phenoxy) is 1. The van der Waals surface area contributed by atoms with Gasteiger partial charge in [0.1, 0.15) is 5.75 Å². The molecule has 1 aromatic carbocycles. The van der Waals surface area contributed by atoms with Crippen molar-refractivity contribution in [3.63, 3.8) is 0 Å². The van der Waals surface area contributed by atoms with E-state index < -0.39 is 6.10 Å². The molecule has 2 aliphatic rings. The van der Waals surface area contributed by atoms with Gasteiger partial charge in [0.05, 0.1) is 24.9 Å². The third-order valence-corrected chi connectivity index (χ3v) is 5.09. The number of hydrogen-bond donors (Lipinski definition) is 3. The fourth-order valence-electron chi connectivity index (χ4n) is 3.43. The second-order valence-electron chi connectivity index (χ2n) is 6.79. The summed E-state index contributed by atoms with van der Waals surface area (Å²) in [6, 6.07) is 7.03. The smallest absolute Gasteiger partial charge is 0.219 e. The molecule has 3 N–H and O–H groups in total. The van der Waals surface area contributed by atoms with Crippen molar-refractivity contribution in [1.29, 1.82) is 0 Å². The van der Waals surface area contributed by atoms with Crippen molar-refractivity contribution in [1.82, 2.24) is 15.1 Å². The number of amides is 1. The van der Waals surface area contributed by atoms with Gasteiger partial charge < -0.3 is 25.2 Å². The number of carbonyl (C=O) groups is 1. The number of hydrogen-bond acceptors (Lipinski definition) is 6. The minimum Gasteiger partial charge on any atom is -0.508 e. The highest BCUT2D eigenvalue weighted by atomic mass is 16.5. The standard InChI is InChI=1S/C18H27N3O4/c1-13(22)21-8-6-20(7-9-21)11-17-18(24)15(12-25-17)19-10-14-4-2-3-5-16(14)23/h2-5,15,17-19,23-24H,6-12H2,1H3/t15-,17-,18+/m0/s1. The van der Waals surface area contributed by atoms with Crippen molar-refractivity contribution in [3.8, 4) is 5.75 Å². The molecule has 7 nitrogen and oxygen atoms in total. The Bertz CT molecular complexity index is 589. The van der Waals surface area contributed by atoms with Gasteiger partial charge in [-0.2, -0.15) is 0 Å². The molecule has 0 aliphatic carbocycles. The van der Waals surface area contributed by atoms with Gasteiger partial charge in [-0.1, -0.05) is 18.2 Å². The van der Waals surface area contributed by atoms with Crippen molar-refractivity contribution in [2.24, 2.45) is 0 Å². The summed E-state index contributed by atoms with van der Waals surface area (Å²) < 4.78 is 5.78. The van der Waals surface area contributed by atoms with E-state index in [2.05, 4.69) is 10.2 Å². The summed E-state index contributed by atoms with van der Waals surface area (Å²) in [7, 11) is 0. The molecular weight excluding hydrogens is 322 g/mol. The van der Waals surface area contributed by atoms with Crippen LogP contribution in [0.4, 0.5) is 0 Å². The lowest BCUT2D eigenvalue weighted by Gasteiger charge is -2.35. The summed E-state index contributed by atoms with van der Waals surface area (Å²) in [6.07, 6.45) is -0.817. The first-order chi connectivity index (χ1) is 12.0. The molecule has 0 radical (unpaired) electrons. The molecule has 3 rings (SSSR count). The van der Waals surface area contributed by atoms with Crippen LogP contribution in [0.3, 0.4) is 0 Å². The summed E-state index contributed by atoms with van der Waals surface area (Å²) in [5.74, 6) is 0.369. The second-order valence-corrected chi connectivity index (χ2v) is 6.79. The maximum absolute atomic E-state index is 11.4. The number of rotatable bonds is 5. The quantitative estimate of drug-likeness (QED) is 0.681. The summed E-state index contributed by atoms with van der Waals surface area (Å²) in [6.45, 7) is 6.28. The topological polar surface area (TPSA) is 85.3 Å². The Balaban J connectivity index is 1.45. The second kappa shape index (κ2) is 8.14. The molecule has 138 valence electrons. The number of benzene rings is 1. The monoisotopic (exact) mass is 349 g/mol. The van der Waals surface area contributed by atoms with Crippen molar-refractivity contribution in [2.45, 2.75) is 31.7 Å². The Kier molecular flexibility index (Phi) is 5.90. The number of aliphatic hydroxyl groups is 1. The Labute approximate surface area is 148 Å². The van der Waals surface area contributed by atoms with Crippen molar-refractivity contribution in [3.05, 3.63) is 29.8 Å². The summed E-state index contributed by atoms with van der Waals surface area (Å²) in [4.78, 5) is 15.5. The number of aromatic hydroxyl groups is 1. The van der Waals surface area contributed by atoms with Gasteiger partial charge in [-0.05, 0) is 6.07 Å². The number of phenolic OH excluding ortho intramolecular Hbond substituents is 1. The average Bonchev–Trinajstić information content (AvgIpc) is 2.95. The van der Waals surface area contributed by atoms with Gasteiger partial charge in [0.15, 0.2) is 0 Å². The van der Waals surface area contributed by atoms with E-state index in [1.807, 2.05) is 17.0 Å². The Morgan fingerprint density at radius 3 is 2.68 bits per heavy atom. The fourth-order valence-corrected chi connectivity index (χ4v) is 3.43. The van der Waals surface area contributed by atoms with Crippen LogP contribution in [-0.2, 0) is 16.1 Å². The molecule has 1 amide bonds. The molecule has 1 aromatic rings. The Morgan fingerprint density at radius 1 is 1.28 bits per heavy atom. The number of nitrogens with zero attached hydrogens (tertiary/aromatic N) is 2. The van der Waals surface area contributed by atoms with E-state index in [1.165, 1.54) is 0 Å². The molecule has 2 aliphatic heterocycles. The minimum atomic E-state index is -0.586. The molecular formula is C18H27N3O4. The van der Waals surface area contributed by atoms with Crippen LogP contribution in [0.5, 0.6) is 5.75 Å². The highest BCUT2D eigenvalue weighted by molar-refractivity contribution is 5.73.